The molecule has 4 heteroatoms. The van der Waals surface area contributed by atoms with Gasteiger partial charge in [-0.15, -0.1) is 0 Å². The summed E-state index contributed by atoms with van der Waals surface area (Å²) in [6, 6.07) is 0.605. The van der Waals surface area contributed by atoms with Crippen molar-refractivity contribution in [3.8, 4) is 0 Å². The molecule has 1 rings (SSSR count). The molecule has 0 aromatic rings. The summed E-state index contributed by atoms with van der Waals surface area (Å²) in [5.41, 5.74) is 0. The summed E-state index contributed by atoms with van der Waals surface area (Å²) in [6.45, 7) is 6.53. The van der Waals surface area contributed by atoms with Crippen LogP contribution in [-0.4, -0.2) is 62.0 Å². The lowest BCUT2D eigenvalue weighted by atomic mass is 10.2. The molecule has 1 heterocycles. The number of carbonyl (C=O) groups excluding carboxylic acids is 1. The molecule has 0 bridgehead atoms. The zero-order valence-electron chi connectivity index (χ0n) is 10.1. The van der Waals surface area contributed by atoms with Crippen LogP contribution < -0.4 is 5.32 Å². The normalized spacial score (nSPS) is 22.7. The summed E-state index contributed by atoms with van der Waals surface area (Å²) in [5, 5.41) is 3.37. The standard InChI is InChI=1S/C11H23N3O/c1-10-9-12-6-8-14(10)7-4-5-11(15)13(2)3/h10,12H,4-9H2,1-3H3/t10-/m0/s1. The van der Waals surface area contributed by atoms with Crippen LogP contribution in [0, 0.1) is 0 Å². The highest BCUT2D eigenvalue weighted by molar-refractivity contribution is 5.75. The predicted molar refractivity (Wildman–Crippen MR) is 61.8 cm³/mol. The van der Waals surface area contributed by atoms with E-state index in [1.165, 1.54) is 0 Å². The number of carbonyl (C=O) groups is 1. The lowest BCUT2D eigenvalue weighted by molar-refractivity contribution is -0.128. The monoisotopic (exact) mass is 213 g/mol. The van der Waals surface area contributed by atoms with Gasteiger partial charge in [0.1, 0.15) is 0 Å². The Kier molecular flexibility index (Phi) is 5.05. The van der Waals surface area contributed by atoms with E-state index in [9.17, 15) is 4.79 Å². The minimum absolute atomic E-state index is 0.234. The number of hydrogen-bond donors (Lipinski definition) is 1. The van der Waals surface area contributed by atoms with Gasteiger partial charge in [-0.05, 0) is 19.9 Å². The van der Waals surface area contributed by atoms with Crippen molar-refractivity contribution in [1.29, 1.82) is 0 Å². The molecule has 0 radical (unpaired) electrons. The van der Waals surface area contributed by atoms with Crippen molar-refractivity contribution in [3.63, 3.8) is 0 Å². The number of amides is 1. The average Bonchev–Trinajstić information content (AvgIpc) is 2.20. The Morgan fingerprint density at radius 3 is 2.87 bits per heavy atom. The van der Waals surface area contributed by atoms with Crippen molar-refractivity contribution in [2.24, 2.45) is 0 Å². The number of piperazine rings is 1. The van der Waals surface area contributed by atoms with Gasteiger partial charge in [-0.25, -0.2) is 0 Å². The van der Waals surface area contributed by atoms with Gasteiger partial charge in [0, 0.05) is 46.2 Å². The molecular formula is C11H23N3O. The molecule has 1 saturated heterocycles. The molecule has 1 N–H and O–H groups in total. The third-order valence-electron chi connectivity index (χ3n) is 2.97. The quantitative estimate of drug-likeness (QED) is 0.722. The fourth-order valence-corrected chi connectivity index (χ4v) is 1.87. The van der Waals surface area contributed by atoms with Gasteiger partial charge < -0.3 is 10.2 Å². The molecular weight excluding hydrogens is 190 g/mol. The Hall–Kier alpha value is -0.610. The Morgan fingerprint density at radius 1 is 1.53 bits per heavy atom. The van der Waals surface area contributed by atoms with Crippen LogP contribution in [0.3, 0.4) is 0 Å². The molecule has 0 spiro atoms. The first kappa shape index (κ1) is 12.5. The van der Waals surface area contributed by atoms with E-state index in [-0.39, 0.29) is 5.91 Å². The van der Waals surface area contributed by atoms with Crippen LogP contribution in [0.5, 0.6) is 0 Å². The van der Waals surface area contributed by atoms with Gasteiger partial charge >= 0.3 is 0 Å². The fraction of sp³-hybridized carbons (Fsp3) is 0.909. The lowest BCUT2D eigenvalue weighted by Crippen LogP contribution is -2.50. The van der Waals surface area contributed by atoms with Crippen molar-refractivity contribution in [2.45, 2.75) is 25.8 Å². The maximum atomic E-state index is 11.4. The second-order valence-corrected chi connectivity index (χ2v) is 4.48. The number of rotatable bonds is 4. The summed E-state index contributed by atoms with van der Waals surface area (Å²) < 4.78 is 0. The minimum atomic E-state index is 0.234. The molecule has 4 nitrogen and oxygen atoms in total. The molecule has 0 aromatic carbocycles. The highest BCUT2D eigenvalue weighted by atomic mass is 16.2. The summed E-state index contributed by atoms with van der Waals surface area (Å²) in [7, 11) is 3.63. The predicted octanol–water partition coefficient (Wildman–Crippen LogP) is 0.149. The minimum Gasteiger partial charge on any atom is -0.349 e. The van der Waals surface area contributed by atoms with Crippen LogP contribution in [0.1, 0.15) is 19.8 Å². The highest BCUT2D eigenvalue weighted by Gasteiger charge is 2.17. The Labute approximate surface area is 92.6 Å². The molecule has 1 atom stereocenters. The summed E-state index contributed by atoms with van der Waals surface area (Å²) in [6.07, 6.45) is 1.64. The summed E-state index contributed by atoms with van der Waals surface area (Å²) in [4.78, 5) is 15.5. The van der Waals surface area contributed by atoms with Crippen LogP contribution >= 0.6 is 0 Å². The van der Waals surface area contributed by atoms with Crippen molar-refractivity contribution >= 4 is 5.91 Å². The number of nitrogens with one attached hydrogen (secondary N) is 1. The van der Waals surface area contributed by atoms with E-state index in [0.717, 1.165) is 32.6 Å². The number of nitrogens with zero attached hydrogens (tertiary/aromatic N) is 2. The second-order valence-electron chi connectivity index (χ2n) is 4.48. The van der Waals surface area contributed by atoms with Crippen LogP contribution in [0.4, 0.5) is 0 Å². The smallest absolute Gasteiger partial charge is 0.222 e. The van der Waals surface area contributed by atoms with Gasteiger partial charge in [-0.1, -0.05) is 0 Å². The largest absolute Gasteiger partial charge is 0.349 e. The summed E-state index contributed by atoms with van der Waals surface area (Å²) >= 11 is 0. The summed E-state index contributed by atoms with van der Waals surface area (Å²) in [5.74, 6) is 0.234. The first-order valence-corrected chi connectivity index (χ1v) is 5.76. The van der Waals surface area contributed by atoms with Gasteiger partial charge in [0.25, 0.3) is 0 Å². The van der Waals surface area contributed by atoms with Crippen LogP contribution in [-0.2, 0) is 4.79 Å². The first-order valence-electron chi connectivity index (χ1n) is 5.76. The van der Waals surface area contributed by atoms with E-state index >= 15 is 0 Å². The second kappa shape index (κ2) is 6.08. The molecule has 0 aromatic heterocycles. The van der Waals surface area contributed by atoms with Crippen molar-refractivity contribution in [2.75, 3.05) is 40.3 Å². The van der Waals surface area contributed by atoms with Crippen molar-refractivity contribution in [1.82, 2.24) is 15.1 Å². The van der Waals surface area contributed by atoms with Gasteiger partial charge in [-0.2, -0.15) is 0 Å². The SMILES string of the molecule is C[C@H]1CNCCN1CCCC(=O)N(C)C. The van der Waals surface area contributed by atoms with E-state index in [0.29, 0.717) is 12.5 Å². The third-order valence-corrected chi connectivity index (χ3v) is 2.97. The molecule has 1 aliphatic rings. The van der Waals surface area contributed by atoms with Crippen molar-refractivity contribution in [3.05, 3.63) is 0 Å². The lowest BCUT2D eigenvalue weighted by Gasteiger charge is -2.33. The van der Waals surface area contributed by atoms with Crippen LogP contribution in [0.15, 0.2) is 0 Å². The van der Waals surface area contributed by atoms with Gasteiger partial charge in [0.15, 0.2) is 0 Å². The molecule has 15 heavy (non-hydrogen) atoms. The fourth-order valence-electron chi connectivity index (χ4n) is 1.87. The van der Waals surface area contributed by atoms with E-state index in [2.05, 4.69) is 17.1 Å². The van der Waals surface area contributed by atoms with Crippen molar-refractivity contribution < 1.29 is 4.79 Å². The maximum Gasteiger partial charge on any atom is 0.222 e. The Balaban J connectivity index is 2.16. The van der Waals surface area contributed by atoms with Gasteiger partial charge in [0.2, 0.25) is 5.91 Å². The Morgan fingerprint density at radius 2 is 2.27 bits per heavy atom. The average molecular weight is 213 g/mol. The highest BCUT2D eigenvalue weighted by Crippen LogP contribution is 2.05. The zero-order valence-corrected chi connectivity index (χ0v) is 10.1. The van der Waals surface area contributed by atoms with E-state index in [1.807, 2.05) is 14.1 Å². The first-order chi connectivity index (χ1) is 7.11. The molecule has 0 aliphatic carbocycles. The number of hydrogen-bond acceptors (Lipinski definition) is 3. The Bertz CT molecular complexity index is 206. The third kappa shape index (κ3) is 4.18. The topological polar surface area (TPSA) is 35.6 Å². The molecule has 1 fully saturated rings. The molecule has 1 aliphatic heterocycles. The van der Waals surface area contributed by atoms with Gasteiger partial charge in [0.05, 0.1) is 0 Å². The van der Waals surface area contributed by atoms with E-state index in [4.69, 9.17) is 0 Å². The molecule has 0 unspecified atom stereocenters. The van der Waals surface area contributed by atoms with Gasteiger partial charge in [-0.3, -0.25) is 9.69 Å². The molecule has 88 valence electrons. The molecule has 0 saturated carbocycles. The zero-order chi connectivity index (χ0) is 11.3. The molecule has 1 amide bonds. The van der Waals surface area contributed by atoms with Crippen LogP contribution in [0.25, 0.3) is 0 Å². The van der Waals surface area contributed by atoms with E-state index < -0.39 is 0 Å². The maximum absolute atomic E-state index is 11.4. The van der Waals surface area contributed by atoms with Crippen LogP contribution in [0.2, 0.25) is 0 Å². The van der Waals surface area contributed by atoms with E-state index in [1.54, 1.807) is 4.90 Å².